The van der Waals surface area contributed by atoms with E-state index in [-0.39, 0.29) is 12.4 Å². The van der Waals surface area contributed by atoms with Crippen LogP contribution in [-0.4, -0.2) is 26.1 Å². The summed E-state index contributed by atoms with van der Waals surface area (Å²) in [4.78, 5) is 12.0. The van der Waals surface area contributed by atoms with Gasteiger partial charge in [0, 0.05) is 5.56 Å². The van der Waals surface area contributed by atoms with Gasteiger partial charge in [0.05, 0.1) is 13.7 Å². The number of carbonyl (C=O) groups excluding carboxylic acids is 1. The standard InChI is InChI=1S/C16H22O3/c1-18-15-9-5-8-14(10-15)16(17)12-19-11-13-6-3-2-4-7-13/h5,8-10,13H,2-4,6-7,11-12H2,1H3. The van der Waals surface area contributed by atoms with Crippen molar-refractivity contribution in [1.82, 2.24) is 0 Å². The van der Waals surface area contributed by atoms with E-state index in [0.717, 1.165) is 6.61 Å². The number of hydrogen-bond donors (Lipinski definition) is 0. The Labute approximate surface area is 114 Å². The molecular weight excluding hydrogens is 240 g/mol. The highest BCUT2D eigenvalue weighted by molar-refractivity contribution is 5.97. The van der Waals surface area contributed by atoms with Crippen molar-refractivity contribution < 1.29 is 14.3 Å². The highest BCUT2D eigenvalue weighted by Gasteiger charge is 2.14. The van der Waals surface area contributed by atoms with E-state index in [1.807, 2.05) is 12.1 Å². The Morgan fingerprint density at radius 2 is 2.05 bits per heavy atom. The molecule has 1 aliphatic carbocycles. The molecule has 3 heteroatoms. The molecule has 0 heterocycles. The maximum atomic E-state index is 12.0. The molecular formula is C16H22O3. The second kappa shape index (κ2) is 7.29. The highest BCUT2D eigenvalue weighted by atomic mass is 16.5. The molecule has 3 nitrogen and oxygen atoms in total. The van der Waals surface area contributed by atoms with E-state index in [0.29, 0.717) is 17.2 Å². The number of benzene rings is 1. The quantitative estimate of drug-likeness (QED) is 0.736. The van der Waals surface area contributed by atoms with Crippen molar-refractivity contribution in [3.63, 3.8) is 0 Å². The van der Waals surface area contributed by atoms with Crippen LogP contribution in [0.15, 0.2) is 24.3 Å². The van der Waals surface area contributed by atoms with Crippen LogP contribution in [0.2, 0.25) is 0 Å². The van der Waals surface area contributed by atoms with Crippen molar-refractivity contribution >= 4 is 5.78 Å². The van der Waals surface area contributed by atoms with Crippen LogP contribution in [0, 0.1) is 5.92 Å². The summed E-state index contributed by atoms with van der Waals surface area (Å²) in [7, 11) is 1.60. The molecule has 104 valence electrons. The van der Waals surface area contributed by atoms with Gasteiger partial charge in [-0.2, -0.15) is 0 Å². The number of ether oxygens (including phenoxy) is 2. The maximum Gasteiger partial charge on any atom is 0.188 e. The number of ketones is 1. The predicted octanol–water partition coefficient (Wildman–Crippen LogP) is 3.47. The number of methoxy groups -OCH3 is 1. The van der Waals surface area contributed by atoms with Crippen molar-refractivity contribution in [3.05, 3.63) is 29.8 Å². The van der Waals surface area contributed by atoms with Crippen molar-refractivity contribution in [2.24, 2.45) is 5.92 Å². The normalized spacial score (nSPS) is 16.3. The molecule has 0 N–H and O–H groups in total. The minimum Gasteiger partial charge on any atom is -0.497 e. The zero-order valence-electron chi connectivity index (χ0n) is 11.6. The van der Waals surface area contributed by atoms with Gasteiger partial charge in [-0.05, 0) is 30.9 Å². The van der Waals surface area contributed by atoms with Crippen molar-refractivity contribution in [2.45, 2.75) is 32.1 Å². The van der Waals surface area contributed by atoms with Gasteiger partial charge in [0.25, 0.3) is 0 Å². The Morgan fingerprint density at radius 3 is 2.79 bits per heavy atom. The number of hydrogen-bond acceptors (Lipinski definition) is 3. The summed E-state index contributed by atoms with van der Waals surface area (Å²) in [6.45, 7) is 0.888. The molecule has 1 fully saturated rings. The second-order valence-electron chi connectivity index (χ2n) is 5.17. The number of Topliss-reactive ketones (excluding diaryl/α,β-unsaturated/α-hetero) is 1. The van der Waals surface area contributed by atoms with E-state index >= 15 is 0 Å². The third-order valence-electron chi connectivity index (χ3n) is 3.70. The summed E-state index contributed by atoms with van der Waals surface area (Å²) in [5, 5.41) is 0. The smallest absolute Gasteiger partial charge is 0.188 e. The summed E-state index contributed by atoms with van der Waals surface area (Å²) >= 11 is 0. The van der Waals surface area contributed by atoms with E-state index in [1.165, 1.54) is 32.1 Å². The van der Waals surface area contributed by atoms with Crippen LogP contribution in [-0.2, 0) is 4.74 Å². The van der Waals surface area contributed by atoms with Crippen LogP contribution in [0.1, 0.15) is 42.5 Å². The van der Waals surface area contributed by atoms with E-state index in [2.05, 4.69) is 0 Å². The van der Waals surface area contributed by atoms with E-state index < -0.39 is 0 Å². The average Bonchev–Trinajstić information content (AvgIpc) is 2.48. The largest absolute Gasteiger partial charge is 0.497 e. The predicted molar refractivity (Wildman–Crippen MR) is 74.7 cm³/mol. The van der Waals surface area contributed by atoms with Crippen molar-refractivity contribution in [2.75, 3.05) is 20.3 Å². The zero-order chi connectivity index (χ0) is 13.5. The summed E-state index contributed by atoms with van der Waals surface area (Å²) < 4.78 is 10.7. The third-order valence-corrected chi connectivity index (χ3v) is 3.70. The monoisotopic (exact) mass is 262 g/mol. The Bertz CT molecular complexity index is 408. The Hall–Kier alpha value is -1.35. The molecule has 0 atom stereocenters. The fourth-order valence-electron chi connectivity index (χ4n) is 2.55. The summed E-state index contributed by atoms with van der Waals surface area (Å²) in [5.41, 5.74) is 0.656. The molecule has 0 amide bonds. The Morgan fingerprint density at radius 1 is 1.26 bits per heavy atom. The Kier molecular flexibility index (Phi) is 5.40. The molecule has 0 saturated heterocycles. The van der Waals surface area contributed by atoms with E-state index in [9.17, 15) is 4.79 Å². The lowest BCUT2D eigenvalue weighted by Crippen LogP contribution is -2.17. The fraction of sp³-hybridized carbons (Fsp3) is 0.562. The third kappa shape index (κ3) is 4.35. The van der Waals surface area contributed by atoms with E-state index in [4.69, 9.17) is 9.47 Å². The molecule has 0 spiro atoms. The van der Waals surface area contributed by atoms with Gasteiger partial charge < -0.3 is 9.47 Å². The number of carbonyl (C=O) groups is 1. The average molecular weight is 262 g/mol. The lowest BCUT2D eigenvalue weighted by atomic mass is 9.90. The first-order chi connectivity index (χ1) is 9.29. The summed E-state index contributed by atoms with van der Waals surface area (Å²) in [6, 6.07) is 7.22. The zero-order valence-corrected chi connectivity index (χ0v) is 11.6. The lowest BCUT2D eigenvalue weighted by Gasteiger charge is -2.21. The SMILES string of the molecule is COc1cccc(C(=O)COCC2CCCCC2)c1. The van der Waals surface area contributed by atoms with Crippen LogP contribution in [0.25, 0.3) is 0 Å². The minimum atomic E-state index is 0.0229. The molecule has 0 unspecified atom stereocenters. The first kappa shape index (κ1) is 14.1. The number of rotatable bonds is 6. The van der Waals surface area contributed by atoms with Gasteiger partial charge in [0.2, 0.25) is 0 Å². The van der Waals surface area contributed by atoms with Gasteiger partial charge in [0.15, 0.2) is 5.78 Å². The second-order valence-corrected chi connectivity index (χ2v) is 5.17. The van der Waals surface area contributed by atoms with Gasteiger partial charge in [-0.1, -0.05) is 31.4 Å². The molecule has 19 heavy (non-hydrogen) atoms. The molecule has 0 bridgehead atoms. The summed E-state index contributed by atoms with van der Waals surface area (Å²) in [6.07, 6.45) is 6.44. The van der Waals surface area contributed by atoms with Crippen LogP contribution < -0.4 is 4.74 Å². The Balaban J connectivity index is 1.77. The molecule has 1 saturated carbocycles. The van der Waals surface area contributed by atoms with Crippen molar-refractivity contribution in [1.29, 1.82) is 0 Å². The molecule has 0 radical (unpaired) electrons. The van der Waals surface area contributed by atoms with Crippen LogP contribution >= 0.6 is 0 Å². The first-order valence-corrected chi connectivity index (χ1v) is 7.04. The van der Waals surface area contributed by atoms with E-state index in [1.54, 1.807) is 19.2 Å². The molecule has 1 aliphatic rings. The summed E-state index contributed by atoms with van der Waals surface area (Å²) in [5.74, 6) is 1.37. The minimum absolute atomic E-state index is 0.0229. The molecule has 0 aromatic heterocycles. The molecule has 2 rings (SSSR count). The topological polar surface area (TPSA) is 35.5 Å². The fourth-order valence-corrected chi connectivity index (χ4v) is 2.55. The van der Waals surface area contributed by atoms with Crippen LogP contribution in [0.3, 0.4) is 0 Å². The van der Waals surface area contributed by atoms with Crippen molar-refractivity contribution in [3.8, 4) is 5.75 Å². The van der Waals surface area contributed by atoms with Gasteiger partial charge >= 0.3 is 0 Å². The molecule has 1 aromatic carbocycles. The first-order valence-electron chi connectivity index (χ1n) is 7.04. The lowest BCUT2D eigenvalue weighted by molar-refractivity contribution is 0.0628. The van der Waals surface area contributed by atoms with Gasteiger partial charge in [-0.15, -0.1) is 0 Å². The molecule has 0 aliphatic heterocycles. The molecule has 1 aromatic rings. The van der Waals surface area contributed by atoms with Gasteiger partial charge in [-0.25, -0.2) is 0 Å². The van der Waals surface area contributed by atoms with Crippen LogP contribution in [0.5, 0.6) is 5.75 Å². The highest BCUT2D eigenvalue weighted by Crippen LogP contribution is 2.23. The van der Waals surface area contributed by atoms with Crippen LogP contribution in [0.4, 0.5) is 0 Å². The maximum absolute atomic E-state index is 12.0. The van der Waals surface area contributed by atoms with Gasteiger partial charge in [0.1, 0.15) is 12.4 Å². The van der Waals surface area contributed by atoms with Gasteiger partial charge in [-0.3, -0.25) is 4.79 Å².